The zero-order valence-electron chi connectivity index (χ0n) is 12.9. The Balaban J connectivity index is 2.61. The minimum Gasteiger partial charge on any atom is -0.362 e. The predicted molar refractivity (Wildman–Crippen MR) is 80.7 cm³/mol. The molecule has 116 valence electrons. The molecule has 3 amide bonds. The van der Waals surface area contributed by atoms with Crippen molar-refractivity contribution in [3.63, 3.8) is 0 Å². The zero-order valence-corrected chi connectivity index (χ0v) is 12.9. The molecule has 0 heterocycles. The fourth-order valence-electron chi connectivity index (χ4n) is 1.77. The molecule has 0 aliphatic carbocycles. The number of hydrogen-bond acceptors (Lipinski definition) is 3. The Kier molecular flexibility index (Phi) is 5.69. The Labute approximate surface area is 124 Å². The summed E-state index contributed by atoms with van der Waals surface area (Å²) in [5.41, 5.74) is 0.182. The highest BCUT2D eigenvalue weighted by molar-refractivity contribution is 5.96. The second-order valence-corrected chi connectivity index (χ2v) is 5.75. The van der Waals surface area contributed by atoms with Gasteiger partial charge in [-0.2, -0.15) is 0 Å². The number of urea groups is 1. The summed E-state index contributed by atoms with van der Waals surface area (Å²) < 4.78 is 13.2. The maximum Gasteiger partial charge on any atom is 0.321 e. The van der Waals surface area contributed by atoms with Crippen LogP contribution in [0.4, 0.5) is 14.9 Å². The van der Waals surface area contributed by atoms with Gasteiger partial charge in [-0.15, -0.1) is 0 Å². The summed E-state index contributed by atoms with van der Waals surface area (Å²) in [4.78, 5) is 25.2. The summed E-state index contributed by atoms with van der Waals surface area (Å²) in [7, 11) is 0. The molecule has 0 aromatic heterocycles. The number of rotatable bonds is 4. The van der Waals surface area contributed by atoms with Gasteiger partial charge in [0.05, 0.1) is 6.54 Å². The third-order valence-corrected chi connectivity index (χ3v) is 2.63. The Morgan fingerprint density at radius 3 is 2.48 bits per heavy atom. The van der Waals surface area contributed by atoms with Crippen molar-refractivity contribution >= 4 is 17.6 Å². The molecule has 0 aliphatic rings. The van der Waals surface area contributed by atoms with Crippen LogP contribution in [0.2, 0.25) is 0 Å². The van der Waals surface area contributed by atoms with Gasteiger partial charge < -0.3 is 10.2 Å². The smallest absolute Gasteiger partial charge is 0.321 e. The number of anilines is 1. The Morgan fingerprint density at radius 1 is 1.29 bits per heavy atom. The van der Waals surface area contributed by atoms with E-state index >= 15 is 0 Å². The van der Waals surface area contributed by atoms with E-state index in [0.717, 1.165) is 0 Å². The molecule has 0 fully saturated rings. The highest BCUT2D eigenvalue weighted by Gasteiger charge is 2.17. The maximum atomic E-state index is 13.2. The standard InChI is InChI=1S/C15H22FN3O2/c1-5-19(12-8-6-7-11(16)9-12)10-13(20)17-14(21)18-15(2,3)4/h6-9H,5,10H2,1-4H3,(H2,17,18,20,21). The van der Waals surface area contributed by atoms with Gasteiger partial charge >= 0.3 is 6.03 Å². The molecular formula is C15H22FN3O2. The van der Waals surface area contributed by atoms with Crippen LogP contribution in [0.25, 0.3) is 0 Å². The van der Waals surface area contributed by atoms with E-state index in [1.54, 1.807) is 17.0 Å². The number of amides is 3. The lowest BCUT2D eigenvalue weighted by molar-refractivity contribution is -0.118. The van der Waals surface area contributed by atoms with Gasteiger partial charge in [0.1, 0.15) is 5.82 Å². The molecule has 0 bridgehead atoms. The first-order valence-electron chi connectivity index (χ1n) is 6.84. The molecule has 1 aromatic rings. The number of benzene rings is 1. The monoisotopic (exact) mass is 295 g/mol. The molecule has 0 saturated heterocycles. The lowest BCUT2D eigenvalue weighted by Gasteiger charge is -2.24. The third-order valence-electron chi connectivity index (χ3n) is 2.63. The highest BCUT2D eigenvalue weighted by Crippen LogP contribution is 2.14. The van der Waals surface area contributed by atoms with Crippen molar-refractivity contribution in [1.82, 2.24) is 10.6 Å². The number of nitrogens with zero attached hydrogens (tertiary/aromatic N) is 1. The number of imide groups is 1. The van der Waals surface area contributed by atoms with E-state index in [1.807, 2.05) is 27.7 Å². The summed E-state index contributed by atoms with van der Waals surface area (Å²) >= 11 is 0. The van der Waals surface area contributed by atoms with Gasteiger partial charge in [-0.1, -0.05) is 6.07 Å². The predicted octanol–water partition coefficient (Wildman–Crippen LogP) is 2.28. The quantitative estimate of drug-likeness (QED) is 0.896. The minimum atomic E-state index is -0.539. The van der Waals surface area contributed by atoms with E-state index in [4.69, 9.17) is 0 Å². The number of nitrogens with one attached hydrogen (secondary N) is 2. The molecule has 1 aromatic carbocycles. The summed E-state index contributed by atoms with van der Waals surface area (Å²) in [6.45, 7) is 7.83. The molecular weight excluding hydrogens is 273 g/mol. The maximum absolute atomic E-state index is 13.2. The van der Waals surface area contributed by atoms with Crippen LogP contribution in [0.15, 0.2) is 24.3 Å². The van der Waals surface area contributed by atoms with Crippen molar-refractivity contribution in [2.24, 2.45) is 0 Å². The van der Waals surface area contributed by atoms with Crippen LogP contribution in [-0.2, 0) is 4.79 Å². The fourth-order valence-corrected chi connectivity index (χ4v) is 1.77. The van der Waals surface area contributed by atoms with Gasteiger partial charge in [0.25, 0.3) is 0 Å². The summed E-state index contributed by atoms with van der Waals surface area (Å²) in [6.07, 6.45) is 0. The fraction of sp³-hybridized carbons (Fsp3) is 0.467. The molecule has 0 saturated carbocycles. The van der Waals surface area contributed by atoms with E-state index in [-0.39, 0.29) is 12.4 Å². The van der Waals surface area contributed by atoms with Crippen molar-refractivity contribution in [1.29, 1.82) is 0 Å². The van der Waals surface area contributed by atoms with Gasteiger partial charge in [-0.3, -0.25) is 10.1 Å². The zero-order chi connectivity index (χ0) is 16.0. The molecule has 0 atom stereocenters. The Hall–Kier alpha value is -2.11. The normalized spacial score (nSPS) is 10.9. The Bertz CT molecular complexity index is 512. The van der Waals surface area contributed by atoms with Crippen LogP contribution >= 0.6 is 0 Å². The SMILES string of the molecule is CCN(CC(=O)NC(=O)NC(C)(C)C)c1cccc(F)c1. The summed E-state index contributed by atoms with van der Waals surface area (Å²) in [5, 5.41) is 4.90. The van der Waals surface area contributed by atoms with Gasteiger partial charge in [-0.25, -0.2) is 9.18 Å². The second kappa shape index (κ2) is 7.06. The Morgan fingerprint density at radius 2 is 1.95 bits per heavy atom. The molecule has 0 radical (unpaired) electrons. The molecule has 1 rings (SSSR count). The van der Waals surface area contributed by atoms with Crippen LogP contribution in [-0.4, -0.2) is 30.6 Å². The summed E-state index contributed by atoms with van der Waals surface area (Å²) in [5.74, 6) is -0.806. The number of carbonyl (C=O) groups excluding carboxylic acids is 2. The van der Waals surface area contributed by atoms with E-state index < -0.39 is 17.5 Å². The lowest BCUT2D eigenvalue weighted by atomic mass is 10.1. The van der Waals surface area contributed by atoms with E-state index in [2.05, 4.69) is 10.6 Å². The second-order valence-electron chi connectivity index (χ2n) is 5.75. The van der Waals surface area contributed by atoms with Crippen LogP contribution < -0.4 is 15.5 Å². The van der Waals surface area contributed by atoms with Crippen molar-refractivity contribution < 1.29 is 14.0 Å². The van der Waals surface area contributed by atoms with Gasteiger partial charge in [0.15, 0.2) is 0 Å². The molecule has 6 heteroatoms. The molecule has 5 nitrogen and oxygen atoms in total. The average Bonchev–Trinajstić information content (AvgIpc) is 2.33. The van der Waals surface area contributed by atoms with Gasteiger partial charge in [0, 0.05) is 17.8 Å². The first-order valence-corrected chi connectivity index (χ1v) is 6.84. The van der Waals surface area contributed by atoms with E-state index in [0.29, 0.717) is 12.2 Å². The molecule has 21 heavy (non-hydrogen) atoms. The molecule has 2 N–H and O–H groups in total. The molecule has 0 aliphatic heterocycles. The first-order chi connectivity index (χ1) is 9.71. The van der Waals surface area contributed by atoms with Crippen LogP contribution in [0.1, 0.15) is 27.7 Å². The number of halogens is 1. The van der Waals surface area contributed by atoms with Crippen molar-refractivity contribution in [3.8, 4) is 0 Å². The largest absolute Gasteiger partial charge is 0.362 e. The van der Waals surface area contributed by atoms with Crippen molar-refractivity contribution in [3.05, 3.63) is 30.1 Å². The lowest BCUT2D eigenvalue weighted by Crippen LogP contribution is -2.50. The third kappa shape index (κ3) is 6.25. The van der Waals surface area contributed by atoms with E-state index in [1.165, 1.54) is 12.1 Å². The first kappa shape index (κ1) is 16.9. The molecule has 0 unspecified atom stereocenters. The van der Waals surface area contributed by atoms with Crippen molar-refractivity contribution in [2.75, 3.05) is 18.0 Å². The van der Waals surface area contributed by atoms with Crippen molar-refractivity contribution in [2.45, 2.75) is 33.2 Å². The number of carbonyl (C=O) groups is 2. The number of likely N-dealkylation sites (N-methyl/N-ethyl adjacent to an activating group) is 1. The molecule has 0 spiro atoms. The highest BCUT2D eigenvalue weighted by atomic mass is 19.1. The van der Waals surface area contributed by atoms with Crippen LogP contribution in [0, 0.1) is 5.82 Å². The summed E-state index contributed by atoms with van der Waals surface area (Å²) in [6, 6.07) is 5.45. The van der Waals surface area contributed by atoms with Crippen LogP contribution in [0.3, 0.4) is 0 Å². The number of hydrogen-bond donors (Lipinski definition) is 2. The minimum absolute atomic E-state index is 0.0164. The average molecular weight is 295 g/mol. The topological polar surface area (TPSA) is 61.4 Å². The van der Waals surface area contributed by atoms with Gasteiger partial charge in [-0.05, 0) is 45.9 Å². The van der Waals surface area contributed by atoms with Crippen LogP contribution in [0.5, 0.6) is 0 Å². The van der Waals surface area contributed by atoms with Gasteiger partial charge in [0.2, 0.25) is 5.91 Å². The van der Waals surface area contributed by atoms with E-state index in [9.17, 15) is 14.0 Å².